The normalized spacial score (nSPS) is 23.4. The van der Waals surface area contributed by atoms with Gasteiger partial charge in [0.25, 0.3) is 0 Å². The van der Waals surface area contributed by atoms with Crippen LogP contribution in [0.25, 0.3) is 0 Å². The van der Waals surface area contributed by atoms with Gasteiger partial charge in [0.2, 0.25) is 11.8 Å². The first kappa shape index (κ1) is 13.9. The lowest BCUT2D eigenvalue weighted by Gasteiger charge is -2.34. The van der Waals surface area contributed by atoms with E-state index in [2.05, 4.69) is 11.4 Å². The molecule has 1 aromatic rings. The molecule has 0 aliphatic carbocycles. The van der Waals surface area contributed by atoms with E-state index < -0.39 is 0 Å². The van der Waals surface area contributed by atoms with Crippen LogP contribution in [0.15, 0.2) is 11.4 Å². The van der Waals surface area contributed by atoms with Gasteiger partial charge < -0.3 is 10.6 Å². The number of nitrogens with zero attached hydrogens (tertiary/aromatic N) is 1. The molecule has 108 valence electrons. The Bertz CT molecular complexity index is 521. The van der Waals surface area contributed by atoms with Crippen LogP contribution in [0, 0.1) is 5.92 Å². The molecular weight excluding hydrogens is 292 g/mol. The maximum atomic E-state index is 12.7. The summed E-state index contributed by atoms with van der Waals surface area (Å²) in [6.45, 7) is 1.31. The van der Waals surface area contributed by atoms with E-state index in [0.29, 0.717) is 25.9 Å². The maximum absolute atomic E-state index is 12.7. The van der Waals surface area contributed by atoms with Crippen LogP contribution in [-0.4, -0.2) is 35.6 Å². The van der Waals surface area contributed by atoms with E-state index in [1.807, 2.05) is 4.90 Å². The number of carbonyl (C=O) groups excluding carboxylic acids is 2. The summed E-state index contributed by atoms with van der Waals surface area (Å²) < 4.78 is 0. The van der Waals surface area contributed by atoms with E-state index in [1.165, 1.54) is 10.4 Å². The van der Waals surface area contributed by atoms with Crippen molar-refractivity contribution in [3.63, 3.8) is 0 Å². The van der Waals surface area contributed by atoms with E-state index >= 15 is 0 Å². The molecule has 0 radical (unpaired) electrons. The van der Waals surface area contributed by atoms with Gasteiger partial charge in [-0.25, -0.2) is 0 Å². The summed E-state index contributed by atoms with van der Waals surface area (Å²) in [7, 11) is 0. The SMILES string of the molecule is NC(=O)C1CCN(C(=O)C2SCCc3sccc32)CC1. The number of fused-ring (bicyclic) bond motifs is 1. The van der Waals surface area contributed by atoms with Gasteiger partial charge in [0.1, 0.15) is 5.25 Å². The minimum Gasteiger partial charge on any atom is -0.369 e. The van der Waals surface area contributed by atoms with Crippen molar-refractivity contribution in [2.75, 3.05) is 18.8 Å². The monoisotopic (exact) mass is 310 g/mol. The van der Waals surface area contributed by atoms with Gasteiger partial charge >= 0.3 is 0 Å². The zero-order chi connectivity index (χ0) is 14.1. The molecule has 1 aromatic heterocycles. The van der Waals surface area contributed by atoms with Gasteiger partial charge in [-0.15, -0.1) is 23.1 Å². The molecule has 3 heterocycles. The van der Waals surface area contributed by atoms with Crippen LogP contribution in [-0.2, 0) is 16.0 Å². The number of thiophene rings is 1. The Morgan fingerprint density at radius 3 is 2.75 bits per heavy atom. The Hall–Kier alpha value is -1.01. The highest BCUT2D eigenvalue weighted by Gasteiger charge is 2.33. The van der Waals surface area contributed by atoms with Crippen molar-refractivity contribution >= 4 is 34.9 Å². The first-order valence-corrected chi connectivity index (χ1v) is 8.85. The van der Waals surface area contributed by atoms with Crippen molar-refractivity contribution < 1.29 is 9.59 Å². The number of hydrogen-bond acceptors (Lipinski definition) is 4. The molecule has 6 heteroatoms. The summed E-state index contributed by atoms with van der Waals surface area (Å²) >= 11 is 3.50. The van der Waals surface area contributed by atoms with Gasteiger partial charge in [0.05, 0.1) is 0 Å². The van der Waals surface area contributed by atoms with Gasteiger partial charge in [0.15, 0.2) is 0 Å². The lowest BCUT2D eigenvalue weighted by molar-refractivity contribution is -0.134. The smallest absolute Gasteiger partial charge is 0.240 e. The second kappa shape index (κ2) is 5.77. The summed E-state index contributed by atoms with van der Waals surface area (Å²) in [5.41, 5.74) is 6.54. The fourth-order valence-corrected chi connectivity index (χ4v) is 5.28. The van der Waals surface area contributed by atoms with Crippen LogP contribution in [0.2, 0.25) is 0 Å². The van der Waals surface area contributed by atoms with Crippen LogP contribution in [0.3, 0.4) is 0 Å². The van der Waals surface area contributed by atoms with E-state index in [9.17, 15) is 9.59 Å². The third-order valence-electron chi connectivity index (χ3n) is 4.11. The molecule has 2 amide bonds. The lowest BCUT2D eigenvalue weighted by atomic mass is 9.96. The molecule has 0 spiro atoms. The number of primary amides is 1. The highest BCUT2D eigenvalue weighted by atomic mass is 32.2. The van der Waals surface area contributed by atoms with Crippen molar-refractivity contribution in [2.24, 2.45) is 11.7 Å². The van der Waals surface area contributed by atoms with Crippen LogP contribution in [0.1, 0.15) is 28.5 Å². The summed E-state index contributed by atoms with van der Waals surface area (Å²) in [5, 5.41) is 2.03. The Balaban J connectivity index is 1.68. The van der Waals surface area contributed by atoms with E-state index in [1.54, 1.807) is 23.1 Å². The van der Waals surface area contributed by atoms with Crippen LogP contribution >= 0.6 is 23.1 Å². The topological polar surface area (TPSA) is 63.4 Å². The molecule has 1 unspecified atom stereocenters. The number of piperidine rings is 1. The van der Waals surface area contributed by atoms with E-state index in [-0.39, 0.29) is 23.0 Å². The fourth-order valence-electron chi connectivity index (χ4n) is 2.90. The molecule has 1 fully saturated rings. The number of hydrogen-bond donors (Lipinski definition) is 1. The van der Waals surface area contributed by atoms with Crippen molar-refractivity contribution in [3.8, 4) is 0 Å². The number of thioether (sulfide) groups is 1. The summed E-state index contributed by atoms with van der Waals surface area (Å²) in [6.07, 6.45) is 2.48. The van der Waals surface area contributed by atoms with Gasteiger partial charge in [-0.3, -0.25) is 9.59 Å². The molecule has 4 nitrogen and oxygen atoms in total. The molecule has 3 rings (SSSR count). The molecule has 0 bridgehead atoms. The number of likely N-dealkylation sites (tertiary alicyclic amines) is 1. The second-order valence-corrected chi connectivity index (χ2v) is 7.52. The van der Waals surface area contributed by atoms with Gasteiger partial charge in [0, 0.05) is 23.9 Å². The number of amides is 2. The van der Waals surface area contributed by atoms with Gasteiger partial charge in [-0.05, 0) is 42.0 Å². The minimum absolute atomic E-state index is 0.0462. The number of nitrogens with two attached hydrogens (primary N) is 1. The lowest BCUT2D eigenvalue weighted by Crippen LogP contribution is -2.43. The Kier molecular flexibility index (Phi) is 4.03. The highest BCUT2D eigenvalue weighted by molar-refractivity contribution is 8.00. The number of carbonyl (C=O) groups is 2. The predicted molar refractivity (Wildman–Crippen MR) is 81.7 cm³/mol. The molecule has 2 N–H and O–H groups in total. The zero-order valence-corrected chi connectivity index (χ0v) is 12.8. The molecular formula is C14H18N2O2S2. The van der Waals surface area contributed by atoms with Crippen molar-refractivity contribution in [1.29, 1.82) is 0 Å². The summed E-state index contributed by atoms with van der Waals surface area (Å²) in [6, 6.07) is 2.09. The third-order valence-corrected chi connectivity index (χ3v) is 6.33. The minimum atomic E-state index is -0.232. The summed E-state index contributed by atoms with van der Waals surface area (Å²) in [4.78, 5) is 27.1. The molecule has 0 saturated carbocycles. The number of rotatable bonds is 2. The first-order valence-electron chi connectivity index (χ1n) is 6.93. The zero-order valence-electron chi connectivity index (χ0n) is 11.2. The van der Waals surface area contributed by atoms with E-state index in [4.69, 9.17) is 5.73 Å². The average molecular weight is 310 g/mol. The standard InChI is InChI=1S/C14H18N2O2S2/c15-13(17)9-1-5-16(6-2-9)14(18)12-10-3-7-19-11(10)4-8-20-12/h3,7,9,12H,1-2,4-6,8H2,(H2,15,17). The molecule has 20 heavy (non-hydrogen) atoms. The number of aryl methyl sites for hydroxylation is 1. The molecule has 2 aliphatic rings. The van der Waals surface area contributed by atoms with Crippen LogP contribution in [0.5, 0.6) is 0 Å². The Morgan fingerprint density at radius 1 is 1.30 bits per heavy atom. The Morgan fingerprint density at radius 2 is 2.05 bits per heavy atom. The van der Waals surface area contributed by atoms with Crippen LogP contribution in [0.4, 0.5) is 0 Å². The molecule has 2 aliphatic heterocycles. The van der Waals surface area contributed by atoms with E-state index in [0.717, 1.165) is 12.2 Å². The molecule has 1 saturated heterocycles. The molecule has 0 aromatic carbocycles. The van der Waals surface area contributed by atoms with Crippen molar-refractivity contribution in [2.45, 2.75) is 24.5 Å². The largest absolute Gasteiger partial charge is 0.369 e. The predicted octanol–water partition coefficient (Wildman–Crippen LogP) is 1.80. The second-order valence-electron chi connectivity index (χ2n) is 5.30. The van der Waals surface area contributed by atoms with Crippen LogP contribution < -0.4 is 5.73 Å². The fraction of sp³-hybridized carbons (Fsp3) is 0.571. The maximum Gasteiger partial charge on any atom is 0.240 e. The Labute approximate surface area is 126 Å². The average Bonchev–Trinajstić information content (AvgIpc) is 2.95. The van der Waals surface area contributed by atoms with Crippen molar-refractivity contribution in [3.05, 3.63) is 21.9 Å². The van der Waals surface area contributed by atoms with Gasteiger partial charge in [-0.1, -0.05) is 0 Å². The molecule has 1 atom stereocenters. The first-order chi connectivity index (χ1) is 9.66. The highest BCUT2D eigenvalue weighted by Crippen LogP contribution is 2.40. The summed E-state index contributed by atoms with van der Waals surface area (Å²) in [5.74, 6) is 0.929. The van der Waals surface area contributed by atoms with Gasteiger partial charge in [-0.2, -0.15) is 0 Å². The van der Waals surface area contributed by atoms with Crippen molar-refractivity contribution in [1.82, 2.24) is 4.90 Å². The third kappa shape index (κ3) is 2.59. The quantitative estimate of drug-likeness (QED) is 0.906.